The van der Waals surface area contributed by atoms with Crippen molar-refractivity contribution in [1.82, 2.24) is 9.66 Å². The Kier molecular flexibility index (Phi) is 2.29. The van der Waals surface area contributed by atoms with Crippen molar-refractivity contribution in [3.8, 4) is 0 Å². The first-order chi connectivity index (χ1) is 5.65. The predicted molar refractivity (Wildman–Crippen MR) is 42.2 cm³/mol. The van der Waals surface area contributed by atoms with E-state index in [9.17, 15) is 9.59 Å². The highest BCUT2D eigenvalue weighted by atomic mass is 16.5. The number of nitrogen functional groups attached to an aromatic ring is 1. The number of rotatable bonds is 2. The van der Waals surface area contributed by atoms with Gasteiger partial charge in [0.25, 0.3) is 5.56 Å². The number of H-pyrrole nitrogens is 1. The number of methoxy groups -OCH3 is 1. The molecule has 0 saturated heterocycles. The summed E-state index contributed by atoms with van der Waals surface area (Å²) in [6, 6.07) is 0. The summed E-state index contributed by atoms with van der Waals surface area (Å²) >= 11 is 0. The van der Waals surface area contributed by atoms with E-state index in [-0.39, 0.29) is 6.61 Å². The van der Waals surface area contributed by atoms with Crippen LogP contribution in [0.2, 0.25) is 0 Å². The minimum Gasteiger partial charge on any atom is -0.380 e. The molecule has 0 aliphatic carbocycles. The standard InChI is InChI=1S/C6H9N3O3/c1-12-3-4-2-9(7)6(11)8-5(4)10/h2H,3,7H2,1H3,(H,8,10,11). The maximum Gasteiger partial charge on any atom is 0.346 e. The van der Waals surface area contributed by atoms with Gasteiger partial charge in [0.2, 0.25) is 0 Å². The first-order valence-corrected chi connectivity index (χ1v) is 3.24. The molecule has 0 bridgehead atoms. The van der Waals surface area contributed by atoms with Gasteiger partial charge in [-0.1, -0.05) is 0 Å². The SMILES string of the molecule is COCc1cn(N)c(=O)[nH]c1=O. The number of hydrogen-bond acceptors (Lipinski definition) is 4. The van der Waals surface area contributed by atoms with Crippen molar-refractivity contribution < 1.29 is 4.74 Å². The molecule has 0 amide bonds. The minimum atomic E-state index is -0.639. The van der Waals surface area contributed by atoms with E-state index in [2.05, 4.69) is 0 Å². The first kappa shape index (κ1) is 8.54. The Balaban J connectivity index is 3.24. The highest BCUT2D eigenvalue weighted by molar-refractivity contribution is 5.02. The molecule has 0 fully saturated rings. The van der Waals surface area contributed by atoms with E-state index in [1.807, 2.05) is 4.98 Å². The predicted octanol–water partition coefficient (Wildman–Crippen LogP) is -1.60. The summed E-state index contributed by atoms with van der Waals surface area (Å²) in [7, 11) is 1.45. The third-order valence-corrected chi connectivity index (χ3v) is 1.34. The summed E-state index contributed by atoms with van der Waals surface area (Å²) in [5.74, 6) is 5.20. The topological polar surface area (TPSA) is 90.1 Å². The van der Waals surface area contributed by atoms with E-state index in [1.54, 1.807) is 0 Å². The van der Waals surface area contributed by atoms with Crippen molar-refractivity contribution in [3.63, 3.8) is 0 Å². The smallest absolute Gasteiger partial charge is 0.346 e. The van der Waals surface area contributed by atoms with Crippen LogP contribution in [-0.2, 0) is 11.3 Å². The third kappa shape index (κ3) is 1.54. The number of nitrogens with two attached hydrogens (primary N) is 1. The Morgan fingerprint density at radius 2 is 2.33 bits per heavy atom. The van der Waals surface area contributed by atoms with Crippen LogP contribution in [0.5, 0.6) is 0 Å². The number of ether oxygens (including phenoxy) is 1. The lowest BCUT2D eigenvalue weighted by Gasteiger charge is -1.99. The maximum atomic E-state index is 11.0. The number of aromatic nitrogens is 2. The minimum absolute atomic E-state index is 0.132. The fourth-order valence-electron chi connectivity index (χ4n) is 0.785. The quantitative estimate of drug-likeness (QED) is 0.524. The molecule has 0 radical (unpaired) electrons. The van der Waals surface area contributed by atoms with E-state index in [0.717, 1.165) is 4.68 Å². The summed E-state index contributed by atoms with van der Waals surface area (Å²) in [6.45, 7) is 0.132. The lowest BCUT2D eigenvalue weighted by Crippen LogP contribution is -2.35. The molecule has 1 aromatic rings. The Morgan fingerprint density at radius 1 is 1.67 bits per heavy atom. The van der Waals surface area contributed by atoms with Gasteiger partial charge in [0.15, 0.2) is 0 Å². The first-order valence-electron chi connectivity index (χ1n) is 3.24. The van der Waals surface area contributed by atoms with Gasteiger partial charge in [-0.3, -0.25) is 9.78 Å². The summed E-state index contributed by atoms with van der Waals surface area (Å²) in [4.78, 5) is 23.8. The molecule has 12 heavy (non-hydrogen) atoms. The number of hydrogen-bond donors (Lipinski definition) is 2. The highest BCUT2D eigenvalue weighted by Gasteiger charge is 2.00. The molecule has 0 aliphatic heterocycles. The molecule has 0 aliphatic rings. The molecular formula is C6H9N3O3. The molecule has 3 N–H and O–H groups in total. The molecule has 6 nitrogen and oxygen atoms in total. The molecule has 66 valence electrons. The zero-order valence-electron chi connectivity index (χ0n) is 6.53. The number of nitrogens with zero attached hydrogens (tertiary/aromatic N) is 1. The largest absolute Gasteiger partial charge is 0.380 e. The molecule has 1 heterocycles. The van der Waals surface area contributed by atoms with Gasteiger partial charge in [-0.05, 0) is 0 Å². The van der Waals surface area contributed by atoms with Crippen LogP contribution in [-0.4, -0.2) is 16.8 Å². The average Bonchev–Trinajstić information content (AvgIpc) is 2.01. The second-order valence-corrected chi connectivity index (χ2v) is 2.25. The molecule has 0 spiro atoms. The molecule has 6 heteroatoms. The van der Waals surface area contributed by atoms with Crippen molar-refractivity contribution >= 4 is 0 Å². The van der Waals surface area contributed by atoms with Crippen LogP contribution < -0.4 is 17.1 Å². The average molecular weight is 171 g/mol. The second kappa shape index (κ2) is 3.22. The van der Waals surface area contributed by atoms with Gasteiger partial charge in [0, 0.05) is 13.3 Å². The molecule has 0 aromatic carbocycles. The lowest BCUT2D eigenvalue weighted by molar-refractivity contribution is 0.183. The van der Waals surface area contributed by atoms with Crippen LogP contribution in [0.3, 0.4) is 0 Å². The third-order valence-electron chi connectivity index (χ3n) is 1.34. The maximum absolute atomic E-state index is 11.0. The zero-order valence-corrected chi connectivity index (χ0v) is 6.53. The Labute approximate surface area is 67.6 Å². The van der Waals surface area contributed by atoms with Crippen molar-refractivity contribution in [3.05, 3.63) is 32.6 Å². The van der Waals surface area contributed by atoms with E-state index < -0.39 is 11.2 Å². The van der Waals surface area contributed by atoms with Crippen molar-refractivity contribution in [2.75, 3.05) is 13.0 Å². The van der Waals surface area contributed by atoms with Crippen LogP contribution in [0, 0.1) is 0 Å². The molecule has 1 aromatic heterocycles. The van der Waals surface area contributed by atoms with Gasteiger partial charge >= 0.3 is 5.69 Å². The molecule has 0 saturated carbocycles. The second-order valence-electron chi connectivity index (χ2n) is 2.25. The molecular weight excluding hydrogens is 162 g/mol. The number of nitrogens with one attached hydrogen (secondary N) is 1. The van der Waals surface area contributed by atoms with Gasteiger partial charge in [0.05, 0.1) is 12.2 Å². The van der Waals surface area contributed by atoms with Crippen molar-refractivity contribution in [2.45, 2.75) is 6.61 Å². The van der Waals surface area contributed by atoms with Crippen molar-refractivity contribution in [1.29, 1.82) is 0 Å². The van der Waals surface area contributed by atoms with Crippen LogP contribution in [0.1, 0.15) is 5.56 Å². The van der Waals surface area contributed by atoms with Crippen LogP contribution in [0.4, 0.5) is 0 Å². The Bertz CT molecular complexity index is 378. The summed E-state index contributed by atoms with van der Waals surface area (Å²) in [5, 5.41) is 0. The van der Waals surface area contributed by atoms with Gasteiger partial charge in [-0.25, -0.2) is 9.47 Å². The highest BCUT2D eigenvalue weighted by Crippen LogP contribution is 1.86. The Hall–Kier alpha value is -1.56. The molecule has 0 unspecified atom stereocenters. The molecule has 1 rings (SSSR count). The number of aromatic amines is 1. The summed E-state index contributed by atoms with van der Waals surface area (Å²) < 4.78 is 5.51. The van der Waals surface area contributed by atoms with E-state index >= 15 is 0 Å². The molecule has 0 atom stereocenters. The lowest BCUT2D eigenvalue weighted by atomic mass is 10.4. The van der Waals surface area contributed by atoms with Gasteiger partial charge in [-0.2, -0.15) is 0 Å². The fraction of sp³-hybridized carbons (Fsp3) is 0.333. The van der Waals surface area contributed by atoms with Gasteiger partial charge in [-0.15, -0.1) is 0 Å². The van der Waals surface area contributed by atoms with Crippen LogP contribution in [0.15, 0.2) is 15.8 Å². The normalized spacial score (nSPS) is 10.1. The van der Waals surface area contributed by atoms with E-state index in [4.69, 9.17) is 10.6 Å². The van der Waals surface area contributed by atoms with Gasteiger partial charge < -0.3 is 10.6 Å². The summed E-state index contributed by atoms with van der Waals surface area (Å²) in [6.07, 6.45) is 1.24. The summed E-state index contributed by atoms with van der Waals surface area (Å²) in [5.41, 5.74) is -0.789. The fourth-order valence-corrected chi connectivity index (χ4v) is 0.785. The van der Waals surface area contributed by atoms with E-state index in [1.165, 1.54) is 13.3 Å². The van der Waals surface area contributed by atoms with Crippen LogP contribution in [0.25, 0.3) is 0 Å². The zero-order chi connectivity index (χ0) is 9.14. The van der Waals surface area contributed by atoms with Crippen molar-refractivity contribution in [2.24, 2.45) is 0 Å². The monoisotopic (exact) mass is 171 g/mol. The van der Waals surface area contributed by atoms with E-state index in [0.29, 0.717) is 5.56 Å². The Morgan fingerprint density at radius 3 is 2.92 bits per heavy atom. The van der Waals surface area contributed by atoms with Gasteiger partial charge in [0.1, 0.15) is 0 Å². The van der Waals surface area contributed by atoms with Crippen LogP contribution >= 0.6 is 0 Å².